The van der Waals surface area contributed by atoms with Crippen molar-refractivity contribution in [2.45, 2.75) is 20.8 Å². The maximum absolute atomic E-state index is 12.9. The molecule has 4 heterocycles. The van der Waals surface area contributed by atoms with Crippen molar-refractivity contribution in [1.29, 1.82) is 0 Å². The van der Waals surface area contributed by atoms with Gasteiger partial charge in [0.2, 0.25) is 11.5 Å². The van der Waals surface area contributed by atoms with Crippen LogP contribution in [0, 0.1) is 0 Å². The van der Waals surface area contributed by atoms with Crippen LogP contribution >= 0.6 is 0 Å². The van der Waals surface area contributed by atoms with Gasteiger partial charge in [0, 0.05) is 43.7 Å². The standard InChI is InChI=1S/C42H24N2O14S2.C6H15N.3H2/c1-2-7-40(60(52,53)54)44-31-20-35-28(26-9-4-6-11-33(26)56-35)18-37(31)58-39(44)16-23(24-13-12-22(41(45)46)14-29(24)42(47)48)15-38-43(21-59(49,50)51)30-19-34-27(17-36(30)57-38)25-8-3-5-10-32(25)55-34;1-4-7(5-2)6-3;;;/h3-6,8-20H,1,21H2,(H3-,45,46,47,48,49,50,51,52,53,54);4-6H2,1-3H3;3*1H. The number of para-hydroxylation sites is 2. The lowest BCUT2D eigenvalue weighted by molar-refractivity contribution is -0.894. The Kier molecular flexibility index (Phi) is 12.3. The fraction of sp³-hybridized carbons (Fsp3) is 0.146. The van der Waals surface area contributed by atoms with Gasteiger partial charge >= 0.3 is 22.9 Å². The summed E-state index contributed by atoms with van der Waals surface area (Å²) in [5.41, 5.74) is 4.62. The van der Waals surface area contributed by atoms with Crippen molar-refractivity contribution < 1.29 is 77.5 Å². The van der Waals surface area contributed by atoms with E-state index in [9.17, 15) is 45.7 Å². The van der Waals surface area contributed by atoms with Crippen LogP contribution in [-0.4, -0.2) is 73.6 Å². The van der Waals surface area contributed by atoms with E-state index in [1.54, 1.807) is 59.5 Å². The van der Waals surface area contributed by atoms with Gasteiger partial charge in [0.15, 0.2) is 15.9 Å². The number of allylic oxidation sites excluding steroid dienone is 2. The number of ether oxygens (including phenoxy) is 1. The molecule has 0 bridgehead atoms. The van der Waals surface area contributed by atoms with Crippen LogP contribution in [0.25, 0.3) is 71.7 Å². The maximum atomic E-state index is 12.9. The number of furan rings is 2. The topological polar surface area (TPSA) is 249 Å². The Morgan fingerprint density at radius 1 is 0.761 bits per heavy atom. The molecule has 3 N–H and O–H groups in total. The van der Waals surface area contributed by atoms with E-state index < -0.39 is 60.1 Å². The fourth-order valence-electron chi connectivity index (χ4n) is 7.92. The summed E-state index contributed by atoms with van der Waals surface area (Å²) in [6.45, 7) is 13.9. The summed E-state index contributed by atoms with van der Waals surface area (Å²) < 4.78 is 101. The van der Waals surface area contributed by atoms with Gasteiger partial charge in [-0.15, -0.1) is 4.57 Å². The second kappa shape index (κ2) is 17.9. The number of hydrogen-bond acceptors (Lipinski definition) is 13. The number of benzene rings is 5. The lowest BCUT2D eigenvalue weighted by Gasteiger charge is -2.20. The molecule has 5 aromatic carbocycles. The van der Waals surface area contributed by atoms with Crippen molar-refractivity contribution in [3.63, 3.8) is 0 Å². The number of nitrogens with zero attached hydrogens (tertiary/aromatic N) is 2. The smallest absolute Gasteiger partial charge is 0.381 e. The summed E-state index contributed by atoms with van der Waals surface area (Å²) in [7, 11) is -10.5. The first-order valence-corrected chi connectivity index (χ1v) is 23.5. The first kappa shape index (κ1) is 45.8. The number of hydrogen-bond donors (Lipinski definition) is 3. The van der Waals surface area contributed by atoms with E-state index in [4.69, 9.17) is 18.0 Å². The zero-order chi connectivity index (χ0) is 47.9. The third kappa shape index (κ3) is 8.99. The summed E-state index contributed by atoms with van der Waals surface area (Å²) in [5.74, 6) is -4.93. The van der Waals surface area contributed by atoms with Crippen LogP contribution in [0.4, 0.5) is 5.69 Å². The molecule has 0 aliphatic carbocycles. The molecule has 348 valence electrons. The monoisotopic (exact) mass is 951 g/mol. The molecule has 0 atom stereocenters. The van der Waals surface area contributed by atoms with Gasteiger partial charge in [0.1, 0.15) is 38.3 Å². The van der Waals surface area contributed by atoms with E-state index in [1.165, 1.54) is 37.8 Å². The van der Waals surface area contributed by atoms with Gasteiger partial charge in [-0.3, -0.25) is 4.90 Å². The average Bonchev–Trinajstić information content (AvgIpc) is 4.03. The normalized spacial score (nSPS) is 13.6. The Bertz CT molecular complexity index is 3740. The van der Waals surface area contributed by atoms with E-state index in [0.717, 1.165) is 39.8 Å². The van der Waals surface area contributed by atoms with Crippen molar-refractivity contribution in [2.24, 2.45) is 0 Å². The molecule has 3 aromatic heterocycles. The molecular formula is C48H45N3O14S2. The predicted molar refractivity (Wildman–Crippen MR) is 252 cm³/mol. The molecule has 8 aromatic rings. The molecule has 0 saturated heterocycles. The number of nitrogens with one attached hydrogen (secondary N) is 1. The molecule has 17 nitrogen and oxygen atoms in total. The molecule has 0 radical (unpaired) electrons. The minimum absolute atomic E-state index is 0. The van der Waals surface area contributed by atoms with Crippen molar-refractivity contribution in [1.82, 2.24) is 0 Å². The van der Waals surface area contributed by atoms with Gasteiger partial charge < -0.3 is 42.2 Å². The first-order chi connectivity index (χ1) is 31.9. The van der Waals surface area contributed by atoms with Gasteiger partial charge in [0.05, 0.1) is 48.6 Å². The molecule has 67 heavy (non-hydrogen) atoms. The van der Waals surface area contributed by atoms with Crippen molar-refractivity contribution in [2.75, 3.05) is 30.4 Å². The van der Waals surface area contributed by atoms with Crippen LogP contribution in [0.5, 0.6) is 5.75 Å². The molecule has 0 saturated carbocycles. The zero-order valence-corrected chi connectivity index (χ0v) is 37.5. The number of aromatic nitrogens is 1. The van der Waals surface area contributed by atoms with Crippen LogP contribution in [0.1, 0.15) is 57.2 Å². The van der Waals surface area contributed by atoms with E-state index >= 15 is 0 Å². The van der Waals surface area contributed by atoms with Crippen LogP contribution in [0.3, 0.4) is 0 Å². The fourth-order valence-corrected chi connectivity index (χ4v) is 9.11. The molecular weight excluding hydrogens is 907 g/mol. The quantitative estimate of drug-likeness (QED) is 0.0604. The molecule has 9 rings (SSSR count). The summed E-state index contributed by atoms with van der Waals surface area (Å²) in [5, 5.41) is 21.6. The minimum atomic E-state index is -5.42. The maximum Gasteiger partial charge on any atom is 0.381 e. The lowest BCUT2D eigenvalue weighted by Crippen LogP contribution is -3.11. The summed E-state index contributed by atoms with van der Waals surface area (Å²) >= 11 is 0. The number of carboxylic acid groups (broad SMARTS) is 2. The molecule has 0 fully saturated rings. The zero-order valence-electron chi connectivity index (χ0n) is 35.9. The molecule has 0 amide bonds. The Balaban J connectivity index is 0.000000850. The highest BCUT2D eigenvalue weighted by Gasteiger charge is 2.34. The Morgan fingerprint density at radius 3 is 1.93 bits per heavy atom. The Labute approximate surface area is 386 Å². The van der Waals surface area contributed by atoms with Gasteiger partial charge in [-0.25, -0.2) is 26.4 Å². The highest BCUT2D eigenvalue weighted by Crippen LogP contribution is 2.45. The molecule has 0 spiro atoms. The van der Waals surface area contributed by atoms with Gasteiger partial charge in [-0.1, -0.05) is 48.2 Å². The average molecular weight is 952 g/mol. The van der Waals surface area contributed by atoms with E-state index in [-0.39, 0.29) is 49.4 Å². The number of oxazole rings is 1. The minimum Gasteiger partial charge on any atom is -0.747 e. The summed E-state index contributed by atoms with van der Waals surface area (Å²) in [6, 6.07) is 23.2. The van der Waals surface area contributed by atoms with E-state index in [1.807, 2.05) is 0 Å². The van der Waals surface area contributed by atoms with Crippen LogP contribution in [0.15, 0.2) is 134 Å². The molecule has 1 aliphatic heterocycles. The van der Waals surface area contributed by atoms with Gasteiger partial charge in [-0.05, 0) is 74.9 Å². The van der Waals surface area contributed by atoms with Gasteiger partial charge in [0.25, 0.3) is 5.52 Å². The van der Waals surface area contributed by atoms with Gasteiger partial charge in [-0.2, -0.15) is 0 Å². The second-order valence-electron chi connectivity index (χ2n) is 15.1. The Hall–Kier alpha value is -7.73. The number of quaternary nitrogens is 1. The number of fused-ring (bicyclic) bond motifs is 8. The lowest BCUT2D eigenvalue weighted by atomic mass is 9.96. The molecule has 19 heteroatoms. The highest BCUT2D eigenvalue weighted by molar-refractivity contribution is 7.94. The predicted octanol–water partition coefficient (Wildman–Crippen LogP) is 7.65. The number of carbonyl (C=O) groups is 2. The van der Waals surface area contributed by atoms with Crippen molar-refractivity contribution in [3.05, 3.63) is 144 Å². The number of aromatic carboxylic acids is 2. The van der Waals surface area contributed by atoms with E-state index in [2.05, 4.69) is 38.8 Å². The second-order valence-corrected chi connectivity index (χ2v) is 17.8. The van der Waals surface area contributed by atoms with E-state index in [0.29, 0.717) is 38.3 Å². The summed E-state index contributed by atoms with van der Waals surface area (Å²) in [4.78, 5) is 27.4. The number of carboxylic acids is 2. The van der Waals surface area contributed by atoms with Crippen LogP contribution < -0.4 is 19.1 Å². The van der Waals surface area contributed by atoms with Crippen molar-refractivity contribution in [3.8, 4) is 5.75 Å². The first-order valence-electron chi connectivity index (χ1n) is 20.6. The summed E-state index contributed by atoms with van der Waals surface area (Å²) in [6.07, 6.45) is 2.25. The third-order valence-corrected chi connectivity index (χ3v) is 12.5. The molecule has 1 aliphatic rings. The van der Waals surface area contributed by atoms with Crippen LogP contribution in [0.2, 0.25) is 0 Å². The van der Waals surface area contributed by atoms with Crippen molar-refractivity contribution >= 4 is 110 Å². The number of rotatable bonds is 12. The SMILES string of the molecule is C=C=C=C([n+]1c(C=C(C=C2Oc3cc4c(cc3N2CS(=O)(=O)[O-])oc2ccccc24)c2ccc(C(=O)O)cc2C(=O)O)oc2cc3c(cc21)oc1ccccc13)S(=O)(=O)[O-].CC[NH+](CC)CC.[HH].[HH].[HH]. The van der Waals surface area contributed by atoms with Crippen LogP contribution in [-0.2, 0) is 20.2 Å². The Morgan fingerprint density at radius 2 is 1.37 bits per heavy atom. The highest BCUT2D eigenvalue weighted by atomic mass is 32.2. The third-order valence-electron chi connectivity index (χ3n) is 11.2. The molecule has 0 unspecified atom stereocenters. The largest absolute Gasteiger partial charge is 0.747 e. The number of anilines is 1.